The van der Waals surface area contributed by atoms with Gasteiger partial charge in [-0.3, -0.25) is 0 Å². The lowest BCUT2D eigenvalue weighted by Crippen LogP contribution is -1.80. The lowest BCUT2D eigenvalue weighted by Gasteiger charge is -1.99. The molecule has 0 aliphatic heterocycles. The molecule has 0 unspecified atom stereocenters. The third-order valence-corrected chi connectivity index (χ3v) is 4.31. The molecule has 2 nitrogen and oxygen atoms in total. The Hall–Kier alpha value is -2.41. The van der Waals surface area contributed by atoms with E-state index in [0.717, 1.165) is 15.6 Å². The number of benzene rings is 2. The third kappa shape index (κ3) is 4.07. The van der Waals surface area contributed by atoms with Crippen LogP contribution in [0.15, 0.2) is 81.1 Å². The van der Waals surface area contributed by atoms with Gasteiger partial charge in [-0.05, 0) is 48.0 Å². The Bertz CT molecular complexity index is 860. The third-order valence-electron chi connectivity index (χ3n) is 3.13. The van der Waals surface area contributed by atoms with Gasteiger partial charge in [-0.2, -0.15) is 5.26 Å². The zero-order chi connectivity index (χ0) is 16.1. The second kappa shape index (κ2) is 7.23. The van der Waals surface area contributed by atoms with E-state index in [0.29, 0.717) is 16.4 Å². The van der Waals surface area contributed by atoms with Gasteiger partial charge in [0.05, 0.1) is 11.6 Å². The van der Waals surface area contributed by atoms with Gasteiger partial charge in [-0.15, -0.1) is 0 Å². The summed E-state index contributed by atoms with van der Waals surface area (Å²) in [5.74, 6) is 0.648. The fourth-order valence-electron chi connectivity index (χ4n) is 2.02. The molecule has 0 atom stereocenters. The molecule has 0 saturated heterocycles. The van der Waals surface area contributed by atoms with Crippen LogP contribution in [0.25, 0.3) is 11.6 Å². The van der Waals surface area contributed by atoms with Crippen LogP contribution in [0.2, 0.25) is 5.02 Å². The van der Waals surface area contributed by atoms with Gasteiger partial charge in [0.25, 0.3) is 0 Å². The fourth-order valence-corrected chi connectivity index (χ4v) is 2.95. The van der Waals surface area contributed by atoms with Gasteiger partial charge >= 0.3 is 0 Å². The number of nitriles is 1. The summed E-state index contributed by atoms with van der Waals surface area (Å²) < 4.78 is 5.77. The molecule has 0 fully saturated rings. The lowest BCUT2D eigenvalue weighted by molar-refractivity contribution is 0.466. The van der Waals surface area contributed by atoms with Crippen LogP contribution in [0, 0.1) is 11.3 Å². The van der Waals surface area contributed by atoms with Gasteiger partial charge in [-0.1, -0.05) is 53.7 Å². The van der Waals surface area contributed by atoms with Crippen LogP contribution in [-0.4, -0.2) is 0 Å². The number of nitrogens with zero attached hydrogens (tertiary/aromatic N) is 1. The molecule has 1 heterocycles. The zero-order valence-corrected chi connectivity index (χ0v) is 13.6. The first-order chi connectivity index (χ1) is 11.2. The first kappa shape index (κ1) is 15.5. The van der Waals surface area contributed by atoms with Gasteiger partial charge in [0, 0.05) is 9.92 Å². The van der Waals surface area contributed by atoms with E-state index in [4.69, 9.17) is 16.0 Å². The van der Waals surface area contributed by atoms with Gasteiger partial charge in [0.1, 0.15) is 5.76 Å². The minimum absolute atomic E-state index is 0.535. The predicted molar refractivity (Wildman–Crippen MR) is 94.2 cm³/mol. The van der Waals surface area contributed by atoms with Crippen molar-refractivity contribution in [3.63, 3.8) is 0 Å². The van der Waals surface area contributed by atoms with Crippen molar-refractivity contribution in [1.29, 1.82) is 5.26 Å². The number of hydrogen-bond donors (Lipinski definition) is 0. The normalized spacial score (nSPS) is 11.2. The summed E-state index contributed by atoms with van der Waals surface area (Å²) in [6.45, 7) is 0. The van der Waals surface area contributed by atoms with Crippen molar-refractivity contribution in [1.82, 2.24) is 0 Å². The molecule has 3 aromatic rings. The molecule has 23 heavy (non-hydrogen) atoms. The molecule has 0 aliphatic rings. The standard InChI is InChI=1S/C19H12ClNOS/c20-16-8-6-14(7-9-16)15(13-21)12-17-10-11-19(22-17)23-18-4-2-1-3-5-18/h1-12H/b15-12-. The summed E-state index contributed by atoms with van der Waals surface area (Å²) in [7, 11) is 0. The Labute approximate surface area is 144 Å². The molecule has 0 aliphatic carbocycles. The first-order valence-corrected chi connectivity index (χ1v) is 8.14. The van der Waals surface area contributed by atoms with Crippen molar-refractivity contribution in [3.8, 4) is 6.07 Å². The van der Waals surface area contributed by atoms with E-state index in [1.54, 1.807) is 30.0 Å². The monoisotopic (exact) mass is 337 g/mol. The first-order valence-electron chi connectivity index (χ1n) is 6.95. The second-order valence-corrected chi connectivity index (χ2v) is 6.26. The summed E-state index contributed by atoms with van der Waals surface area (Å²) in [4.78, 5) is 1.11. The van der Waals surface area contributed by atoms with Crippen LogP contribution in [0.3, 0.4) is 0 Å². The van der Waals surface area contributed by atoms with Crippen molar-refractivity contribution in [2.24, 2.45) is 0 Å². The Kier molecular flexibility index (Phi) is 4.87. The predicted octanol–water partition coefficient (Wildman–Crippen LogP) is 6.15. The smallest absolute Gasteiger partial charge is 0.165 e. The molecule has 0 N–H and O–H groups in total. The van der Waals surface area contributed by atoms with E-state index < -0.39 is 0 Å². The van der Waals surface area contributed by atoms with E-state index in [1.165, 1.54) is 0 Å². The molecule has 2 aromatic carbocycles. The Morgan fingerprint density at radius 3 is 2.43 bits per heavy atom. The van der Waals surface area contributed by atoms with Crippen molar-refractivity contribution >= 4 is 35.0 Å². The Morgan fingerprint density at radius 1 is 1.00 bits per heavy atom. The van der Waals surface area contributed by atoms with Crippen molar-refractivity contribution in [3.05, 3.63) is 83.1 Å². The minimum atomic E-state index is 0.535. The highest BCUT2D eigenvalue weighted by Crippen LogP contribution is 2.30. The summed E-state index contributed by atoms with van der Waals surface area (Å²) in [6, 6.07) is 23.1. The average molecular weight is 338 g/mol. The molecule has 112 valence electrons. The molecule has 3 rings (SSSR count). The van der Waals surface area contributed by atoms with E-state index in [1.807, 2.05) is 54.6 Å². The van der Waals surface area contributed by atoms with Crippen LogP contribution in [-0.2, 0) is 0 Å². The molecule has 0 radical (unpaired) electrons. The van der Waals surface area contributed by atoms with E-state index in [9.17, 15) is 5.26 Å². The highest BCUT2D eigenvalue weighted by atomic mass is 35.5. The maximum absolute atomic E-state index is 9.35. The minimum Gasteiger partial charge on any atom is -0.450 e. The molecule has 0 bridgehead atoms. The van der Waals surface area contributed by atoms with Crippen LogP contribution >= 0.6 is 23.4 Å². The van der Waals surface area contributed by atoms with Crippen molar-refractivity contribution < 1.29 is 4.42 Å². The van der Waals surface area contributed by atoms with Crippen LogP contribution < -0.4 is 0 Å². The van der Waals surface area contributed by atoms with Gasteiger partial charge in [-0.25, -0.2) is 0 Å². The molecule has 0 amide bonds. The maximum atomic E-state index is 9.35. The summed E-state index contributed by atoms with van der Waals surface area (Å²) in [6.07, 6.45) is 1.73. The number of allylic oxidation sites excluding steroid dienone is 1. The Morgan fingerprint density at radius 2 is 1.74 bits per heavy atom. The summed E-state index contributed by atoms with van der Waals surface area (Å²) >= 11 is 7.42. The van der Waals surface area contributed by atoms with Crippen LogP contribution in [0.1, 0.15) is 11.3 Å². The number of hydrogen-bond acceptors (Lipinski definition) is 3. The molecular formula is C19H12ClNOS. The van der Waals surface area contributed by atoms with E-state index in [-0.39, 0.29) is 0 Å². The van der Waals surface area contributed by atoms with Crippen LogP contribution in [0.5, 0.6) is 0 Å². The molecule has 1 aromatic heterocycles. The number of rotatable bonds is 4. The van der Waals surface area contributed by atoms with Crippen LogP contribution in [0.4, 0.5) is 0 Å². The topological polar surface area (TPSA) is 36.9 Å². The van der Waals surface area contributed by atoms with E-state index >= 15 is 0 Å². The van der Waals surface area contributed by atoms with E-state index in [2.05, 4.69) is 6.07 Å². The van der Waals surface area contributed by atoms with Gasteiger partial charge in [0.2, 0.25) is 0 Å². The quantitative estimate of drug-likeness (QED) is 0.536. The highest BCUT2D eigenvalue weighted by molar-refractivity contribution is 7.99. The zero-order valence-electron chi connectivity index (χ0n) is 12.1. The molecular weight excluding hydrogens is 326 g/mol. The van der Waals surface area contributed by atoms with Crippen molar-refractivity contribution in [2.75, 3.05) is 0 Å². The lowest BCUT2D eigenvalue weighted by atomic mass is 10.1. The molecule has 0 saturated carbocycles. The van der Waals surface area contributed by atoms with Gasteiger partial charge in [0.15, 0.2) is 5.09 Å². The second-order valence-electron chi connectivity index (χ2n) is 4.75. The van der Waals surface area contributed by atoms with Crippen molar-refractivity contribution in [2.45, 2.75) is 9.99 Å². The largest absolute Gasteiger partial charge is 0.450 e. The average Bonchev–Trinajstić information content (AvgIpc) is 3.01. The number of furan rings is 1. The summed E-state index contributed by atoms with van der Waals surface area (Å²) in [5, 5.41) is 10.8. The number of halogens is 1. The Balaban J connectivity index is 1.81. The maximum Gasteiger partial charge on any atom is 0.165 e. The SMILES string of the molecule is N#C/C(=C/c1ccc(Sc2ccccc2)o1)c1ccc(Cl)cc1. The fraction of sp³-hybridized carbons (Fsp3) is 0. The molecule has 0 spiro atoms. The van der Waals surface area contributed by atoms with Gasteiger partial charge < -0.3 is 4.42 Å². The highest BCUT2D eigenvalue weighted by Gasteiger charge is 2.06. The summed E-state index contributed by atoms with van der Waals surface area (Å²) in [5.41, 5.74) is 1.35. The molecule has 4 heteroatoms.